The average molecular weight is 212 g/mol. The van der Waals surface area contributed by atoms with Crippen molar-refractivity contribution < 1.29 is 9.18 Å². The van der Waals surface area contributed by atoms with E-state index in [-0.39, 0.29) is 15.7 Å². The Labute approximate surface area is 87.7 Å². The van der Waals surface area contributed by atoms with Crippen LogP contribution < -0.4 is 0 Å². The Hall–Kier alpha value is -0.830. The number of carbonyl (C=O) groups excluding carboxylic acids is 1. The lowest BCUT2D eigenvalue weighted by molar-refractivity contribution is 0.108. The SMILES string of the molecule is CC(C)(C)SC(=O)c1cccc(F)c1. The van der Waals surface area contributed by atoms with Crippen LogP contribution >= 0.6 is 11.8 Å². The summed E-state index contributed by atoms with van der Waals surface area (Å²) in [7, 11) is 0. The molecule has 1 nitrogen and oxygen atoms in total. The van der Waals surface area contributed by atoms with Crippen molar-refractivity contribution in [3.8, 4) is 0 Å². The molecule has 1 aromatic rings. The highest BCUT2D eigenvalue weighted by atomic mass is 32.2. The molecule has 3 heteroatoms. The van der Waals surface area contributed by atoms with E-state index < -0.39 is 0 Å². The quantitative estimate of drug-likeness (QED) is 0.708. The molecule has 0 unspecified atom stereocenters. The maximum absolute atomic E-state index is 12.8. The maximum Gasteiger partial charge on any atom is 0.219 e. The lowest BCUT2D eigenvalue weighted by atomic mass is 10.2. The zero-order chi connectivity index (χ0) is 10.8. The van der Waals surface area contributed by atoms with Crippen molar-refractivity contribution in [3.63, 3.8) is 0 Å². The van der Waals surface area contributed by atoms with E-state index in [9.17, 15) is 9.18 Å². The Kier molecular flexibility index (Phi) is 3.32. The molecule has 0 fully saturated rings. The number of hydrogen-bond donors (Lipinski definition) is 0. The summed E-state index contributed by atoms with van der Waals surface area (Å²) in [5.41, 5.74) is 0.421. The molecule has 0 aliphatic carbocycles. The minimum atomic E-state index is -0.370. The van der Waals surface area contributed by atoms with Crippen molar-refractivity contribution >= 4 is 16.9 Å². The Morgan fingerprint density at radius 3 is 2.50 bits per heavy atom. The monoisotopic (exact) mass is 212 g/mol. The molecule has 0 amide bonds. The van der Waals surface area contributed by atoms with Crippen LogP contribution in [0.25, 0.3) is 0 Å². The largest absolute Gasteiger partial charge is 0.282 e. The van der Waals surface area contributed by atoms with Crippen molar-refractivity contribution in [1.82, 2.24) is 0 Å². The maximum atomic E-state index is 12.8. The normalized spacial score (nSPS) is 11.4. The van der Waals surface area contributed by atoms with Gasteiger partial charge in [0.1, 0.15) is 5.82 Å². The van der Waals surface area contributed by atoms with E-state index in [0.29, 0.717) is 5.56 Å². The van der Waals surface area contributed by atoms with Crippen LogP contribution in [0.4, 0.5) is 4.39 Å². The molecule has 0 aliphatic heterocycles. The van der Waals surface area contributed by atoms with Gasteiger partial charge in [0.05, 0.1) is 0 Å². The van der Waals surface area contributed by atoms with Gasteiger partial charge >= 0.3 is 0 Å². The molecule has 0 bridgehead atoms. The minimum Gasteiger partial charge on any atom is -0.282 e. The Bertz CT molecular complexity index is 341. The van der Waals surface area contributed by atoms with Crippen LogP contribution in [0.1, 0.15) is 31.1 Å². The van der Waals surface area contributed by atoms with Gasteiger partial charge in [-0.3, -0.25) is 4.79 Å². The lowest BCUT2D eigenvalue weighted by Crippen LogP contribution is -2.12. The minimum absolute atomic E-state index is 0.0861. The highest BCUT2D eigenvalue weighted by Gasteiger charge is 2.18. The molecule has 0 atom stereocenters. The van der Waals surface area contributed by atoms with Gasteiger partial charge in [0.15, 0.2) is 0 Å². The molecule has 1 rings (SSSR count). The number of benzene rings is 1. The first-order chi connectivity index (χ1) is 6.38. The second kappa shape index (κ2) is 4.13. The van der Waals surface area contributed by atoms with Gasteiger partial charge in [-0.25, -0.2) is 4.39 Å². The molecule has 1 aromatic carbocycles. The van der Waals surface area contributed by atoms with E-state index in [1.807, 2.05) is 20.8 Å². The highest BCUT2D eigenvalue weighted by Crippen LogP contribution is 2.27. The summed E-state index contributed by atoms with van der Waals surface area (Å²) in [5.74, 6) is -0.370. The van der Waals surface area contributed by atoms with E-state index in [0.717, 1.165) is 0 Å². The van der Waals surface area contributed by atoms with E-state index >= 15 is 0 Å². The van der Waals surface area contributed by atoms with Crippen molar-refractivity contribution in [3.05, 3.63) is 35.6 Å². The fourth-order valence-electron chi connectivity index (χ4n) is 0.952. The number of carbonyl (C=O) groups is 1. The second-order valence-corrected chi connectivity index (χ2v) is 5.81. The van der Waals surface area contributed by atoms with Gasteiger partial charge in [0.25, 0.3) is 0 Å². The van der Waals surface area contributed by atoms with E-state index in [1.54, 1.807) is 12.1 Å². The van der Waals surface area contributed by atoms with Crippen molar-refractivity contribution in [2.45, 2.75) is 25.5 Å². The number of rotatable bonds is 1. The topological polar surface area (TPSA) is 17.1 Å². The molecule has 0 aromatic heterocycles. The van der Waals surface area contributed by atoms with Gasteiger partial charge in [-0.05, 0) is 12.1 Å². The number of hydrogen-bond acceptors (Lipinski definition) is 2. The summed E-state index contributed by atoms with van der Waals surface area (Å²) < 4.78 is 12.7. The first-order valence-electron chi connectivity index (χ1n) is 4.37. The van der Waals surface area contributed by atoms with Crippen LogP contribution in [0.2, 0.25) is 0 Å². The fourth-order valence-corrected chi connectivity index (χ4v) is 1.75. The first-order valence-corrected chi connectivity index (χ1v) is 5.19. The summed E-state index contributed by atoms with van der Waals surface area (Å²) in [5, 5.41) is -0.0861. The molecule has 0 N–H and O–H groups in total. The van der Waals surface area contributed by atoms with Crippen LogP contribution in [0, 0.1) is 5.82 Å². The molecule has 0 spiro atoms. The van der Waals surface area contributed by atoms with Gasteiger partial charge in [-0.2, -0.15) is 0 Å². The number of halogens is 1. The Balaban J connectivity index is 2.80. The summed E-state index contributed by atoms with van der Waals surface area (Å²) in [6.07, 6.45) is 0. The molecule has 76 valence electrons. The fraction of sp³-hybridized carbons (Fsp3) is 0.364. The van der Waals surface area contributed by atoms with Crippen LogP contribution in [-0.4, -0.2) is 9.86 Å². The van der Waals surface area contributed by atoms with Gasteiger partial charge < -0.3 is 0 Å². The van der Waals surface area contributed by atoms with Gasteiger partial charge in [-0.1, -0.05) is 44.7 Å². The zero-order valence-electron chi connectivity index (χ0n) is 8.50. The van der Waals surface area contributed by atoms with Crippen molar-refractivity contribution in [2.24, 2.45) is 0 Å². The van der Waals surface area contributed by atoms with Crippen LogP contribution in [0.15, 0.2) is 24.3 Å². The predicted molar refractivity (Wildman–Crippen MR) is 58.1 cm³/mol. The Morgan fingerprint density at radius 1 is 1.36 bits per heavy atom. The van der Waals surface area contributed by atoms with Crippen molar-refractivity contribution in [1.29, 1.82) is 0 Å². The number of thioether (sulfide) groups is 1. The smallest absolute Gasteiger partial charge is 0.219 e. The van der Waals surface area contributed by atoms with Gasteiger partial charge in [0, 0.05) is 10.3 Å². The molecule has 0 saturated carbocycles. The average Bonchev–Trinajstić information content (AvgIpc) is 2.01. The lowest BCUT2D eigenvalue weighted by Gasteiger charge is -2.15. The summed E-state index contributed by atoms with van der Waals surface area (Å²) in [6, 6.07) is 5.77. The molecular formula is C11H13FOS. The van der Waals surface area contributed by atoms with E-state index in [1.165, 1.54) is 23.9 Å². The first kappa shape index (κ1) is 11.2. The van der Waals surface area contributed by atoms with Crippen LogP contribution in [0.5, 0.6) is 0 Å². The summed E-state index contributed by atoms with van der Waals surface area (Å²) >= 11 is 1.21. The predicted octanol–water partition coefficient (Wildman–Crippen LogP) is 3.50. The highest BCUT2D eigenvalue weighted by molar-refractivity contribution is 8.15. The van der Waals surface area contributed by atoms with Gasteiger partial charge in [0.2, 0.25) is 5.12 Å². The third kappa shape index (κ3) is 3.50. The van der Waals surface area contributed by atoms with Crippen LogP contribution in [-0.2, 0) is 0 Å². The third-order valence-corrected chi connectivity index (χ3v) is 2.49. The van der Waals surface area contributed by atoms with Gasteiger partial charge in [-0.15, -0.1) is 0 Å². The van der Waals surface area contributed by atoms with Crippen molar-refractivity contribution in [2.75, 3.05) is 0 Å². The second-order valence-electron chi connectivity index (χ2n) is 4.01. The molecule has 0 aliphatic rings. The third-order valence-electron chi connectivity index (χ3n) is 1.46. The zero-order valence-corrected chi connectivity index (χ0v) is 9.32. The molecule has 0 radical (unpaired) electrons. The van der Waals surface area contributed by atoms with E-state index in [4.69, 9.17) is 0 Å². The van der Waals surface area contributed by atoms with E-state index in [2.05, 4.69) is 0 Å². The standard InChI is InChI=1S/C11H13FOS/c1-11(2,3)14-10(13)8-5-4-6-9(12)7-8/h4-7H,1-3H3. The summed E-state index contributed by atoms with van der Waals surface area (Å²) in [6.45, 7) is 5.86. The Morgan fingerprint density at radius 2 is 2.00 bits per heavy atom. The molecule has 0 saturated heterocycles. The molecule has 14 heavy (non-hydrogen) atoms. The van der Waals surface area contributed by atoms with Crippen LogP contribution in [0.3, 0.4) is 0 Å². The summed E-state index contributed by atoms with van der Waals surface area (Å²) in [4.78, 5) is 11.6. The molecular weight excluding hydrogens is 199 g/mol. The molecule has 0 heterocycles.